The normalized spacial score (nSPS) is 10.3. The number of halogens is 3. The fourth-order valence-corrected chi connectivity index (χ4v) is 1.89. The van der Waals surface area contributed by atoms with Crippen LogP contribution in [0.2, 0.25) is 5.02 Å². The summed E-state index contributed by atoms with van der Waals surface area (Å²) in [6.45, 7) is -0.0792. The van der Waals surface area contributed by atoms with E-state index in [9.17, 15) is 13.6 Å². The van der Waals surface area contributed by atoms with Gasteiger partial charge in [0.1, 0.15) is 12.4 Å². The second-order valence-corrected chi connectivity index (χ2v) is 4.59. The highest BCUT2D eigenvalue weighted by Gasteiger charge is 2.14. The smallest absolute Gasteiger partial charge is 0.338 e. The molecule has 21 heavy (non-hydrogen) atoms. The van der Waals surface area contributed by atoms with E-state index < -0.39 is 17.6 Å². The first-order chi connectivity index (χ1) is 10.0. The van der Waals surface area contributed by atoms with Gasteiger partial charge in [0.15, 0.2) is 11.6 Å². The molecule has 2 aromatic rings. The first-order valence-corrected chi connectivity index (χ1v) is 6.33. The highest BCUT2D eigenvalue weighted by molar-refractivity contribution is 6.31. The Morgan fingerprint density at radius 2 is 1.95 bits per heavy atom. The summed E-state index contributed by atoms with van der Waals surface area (Å²) in [5, 5.41) is 0.368. The number of ether oxygens (including phenoxy) is 2. The average molecular weight is 313 g/mol. The van der Waals surface area contributed by atoms with Crippen molar-refractivity contribution in [3.8, 4) is 5.75 Å². The number of rotatable bonds is 4. The zero-order valence-corrected chi connectivity index (χ0v) is 11.8. The third-order valence-electron chi connectivity index (χ3n) is 2.75. The number of hydrogen-bond acceptors (Lipinski definition) is 3. The number of carbonyl (C=O) groups is 1. The van der Waals surface area contributed by atoms with E-state index in [4.69, 9.17) is 16.3 Å². The second-order valence-electron chi connectivity index (χ2n) is 4.16. The summed E-state index contributed by atoms with van der Waals surface area (Å²) in [6, 6.07) is 7.58. The van der Waals surface area contributed by atoms with Gasteiger partial charge in [0.2, 0.25) is 0 Å². The van der Waals surface area contributed by atoms with Gasteiger partial charge in [-0.2, -0.15) is 0 Å². The Morgan fingerprint density at radius 1 is 1.19 bits per heavy atom. The summed E-state index contributed by atoms with van der Waals surface area (Å²) in [4.78, 5) is 11.6. The molecule has 0 unspecified atom stereocenters. The van der Waals surface area contributed by atoms with Crippen LogP contribution in [0.1, 0.15) is 15.9 Å². The summed E-state index contributed by atoms with van der Waals surface area (Å²) in [6.07, 6.45) is 0. The van der Waals surface area contributed by atoms with E-state index in [0.29, 0.717) is 10.6 Å². The molecular weight excluding hydrogens is 302 g/mol. The van der Waals surface area contributed by atoms with Crippen LogP contribution in [0.5, 0.6) is 5.75 Å². The van der Waals surface area contributed by atoms with Gasteiger partial charge in [0, 0.05) is 16.7 Å². The van der Waals surface area contributed by atoms with Crippen LogP contribution < -0.4 is 4.74 Å². The van der Waals surface area contributed by atoms with E-state index in [0.717, 1.165) is 12.1 Å². The standard InChI is InChI=1S/C15H11ClF2O3/c1-20-15(19)12-6-10(16)3-2-9(12)8-21-14-5-4-11(17)7-13(14)18/h2-7H,8H2,1H3. The largest absolute Gasteiger partial charge is 0.486 e. The van der Waals surface area contributed by atoms with Gasteiger partial charge in [0.25, 0.3) is 0 Å². The van der Waals surface area contributed by atoms with Crippen molar-refractivity contribution in [1.29, 1.82) is 0 Å². The van der Waals surface area contributed by atoms with E-state index in [2.05, 4.69) is 4.74 Å². The van der Waals surface area contributed by atoms with Crippen molar-refractivity contribution in [2.75, 3.05) is 7.11 Å². The molecule has 0 aromatic heterocycles. The molecule has 0 aliphatic carbocycles. The maximum atomic E-state index is 13.5. The summed E-state index contributed by atoms with van der Waals surface area (Å²) in [7, 11) is 1.24. The van der Waals surface area contributed by atoms with Crippen LogP contribution in [0.3, 0.4) is 0 Å². The molecule has 0 fully saturated rings. The van der Waals surface area contributed by atoms with Crippen LogP contribution in [0.25, 0.3) is 0 Å². The summed E-state index contributed by atoms with van der Waals surface area (Å²) in [5.41, 5.74) is 0.711. The fraction of sp³-hybridized carbons (Fsp3) is 0.133. The van der Waals surface area contributed by atoms with E-state index in [1.54, 1.807) is 12.1 Å². The van der Waals surface area contributed by atoms with E-state index in [-0.39, 0.29) is 17.9 Å². The molecule has 0 aliphatic rings. The fourth-order valence-electron chi connectivity index (χ4n) is 1.72. The van der Waals surface area contributed by atoms with Crippen LogP contribution in [0.4, 0.5) is 8.78 Å². The average Bonchev–Trinajstić information content (AvgIpc) is 2.46. The van der Waals surface area contributed by atoms with Gasteiger partial charge in [-0.15, -0.1) is 0 Å². The van der Waals surface area contributed by atoms with Crippen molar-refractivity contribution in [3.63, 3.8) is 0 Å². The maximum absolute atomic E-state index is 13.5. The number of benzene rings is 2. The zero-order chi connectivity index (χ0) is 15.4. The molecule has 6 heteroatoms. The molecule has 0 heterocycles. The molecule has 0 bridgehead atoms. The third-order valence-corrected chi connectivity index (χ3v) is 2.99. The monoisotopic (exact) mass is 312 g/mol. The van der Waals surface area contributed by atoms with E-state index in [1.165, 1.54) is 19.2 Å². The lowest BCUT2D eigenvalue weighted by molar-refractivity contribution is 0.0597. The molecule has 0 saturated carbocycles. The lowest BCUT2D eigenvalue weighted by Crippen LogP contribution is -2.08. The molecule has 0 radical (unpaired) electrons. The van der Waals surface area contributed by atoms with Gasteiger partial charge in [-0.3, -0.25) is 0 Å². The summed E-state index contributed by atoms with van der Waals surface area (Å²) < 4.78 is 36.2. The minimum Gasteiger partial charge on any atom is -0.486 e. The van der Waals surface area contributed by atoms with Crippen LogP contribution >= 0.6 is 11.6 Å². The number of esters is 1. The van der Waals surface area contributed by atoms with E-state index in [1.807, 2.05) is 0 Å². The molecule has 0 amide bonds. The highest BCUT2D eigenvalue weighted by atomic mass is 35.5. The van der Waals surface area contributed by atoms with Gasteiger partial charge in [0.05, 0.1) is 12.7 Å². The first-order valence-electron chi connectivity index (χ1n) is 5.96. The molecule has 2 rings (SSSR count). The Balaban J connectivity index is 2.21. The quantitative estimate of drug-likeness (QED) is 0.801. The lowest BCUT2D eigenvalue weighted by Gasteiger charge is -2.11. The number of hydrogen-bond donors (Lipinski definition) is 0. The van der Waals surface area contributed by atoms with E-state index >= 15 is 0 Å². The molecule has 0 N–H and O–H groups in total. The lowest BCUT2D eigenvalue weighted by atomic mass is 10.1. The van der Waals surface area contributed by atoms with Gasteiger partial charge in [-0.25, -0.2) is 13.6 Å². The van der Waals surface area contributed by atoms with Crippen LogP contribution in [-0.4, -0.2) is 13.1 Å². The maximum Gasteiger partial charge on any atom is 0.338 e. The van der Waals surface area contributed by atoms with Gasteiger partial charge < -0.3 is 9.47 Å². The van der Waals surface area contributed by atoms with Crippen molar-refractivity contribution in [3.05, 3.63) is 64.2 Å². The Kier molecular flexibility index (Phi) is 4.75. The predicted octanol–water partition coefficient (Wildman–Crippen LogP) is 3.98. The Labute approximate surface area is 125 Å². The Morgan fingerprint density at radius 3 is 2.62 bits per heavy atom. The van der Waals surface area contributed by atoms with Crippen LogP contribution in [-0.2, 0) is 11.3 Å². The SMILES string of the molecule is COC(=O)c1cc(Cl)ccc1COc1ccc(F)cc1F. The predicted molar refractivity (Wildman–Crippen MR) is 73.5 cm³/mol. The minimum atomic E-state index is -0.816. The van der Waals surface area contributed by atoms with Crippen LogP contribution in [0.15, 0.2) is 36.4 Å². The van der Waals surface area contributed by atoms with Crippen molar-refractivity contribution < 1.29 is 23.0 Å². The molecule has 2 aromatic carbocycles. The van der Waals surface area contributed by atoms with Crippen molar-refractivity contribution in [2.45, 2.75) is 6.61 Å². The Hall–Kier alpha value is -2.14. The molecular formula is C15H11ClF2O3. The minimum absolute atomic E-state index is 0.0792. The van der Waals surface area contributed by atoms with Crippen molar-refractivity contribution in [1.82, 2.24) is 0 Å². The first kappa shape index (κ1) is 15.3. The molecule has 0 atom stereocenters. The third kappa shape index (κ3) is 3.70. The Bertz CT molecular complexity index is 674. The van der Waals surface area contributed by atoms with Gasteiger partial charge in [-0.1, -0.05) is 17.7 Å². The second kappa shape index (κ2) is 6.54. The number of carbonyl (C=O) groups excluding carboxylic acids is 1. The van der Waals surface area contributed by atoms with Gasteiger partial charge in [-0.05, 0) is 24.3 Å². The molecule has 3 nitrogen and oxygen atoms in total. The molecule has 110 valence electrons. The highest BCUT2D eigenvalue weighted by Crippen LogP contribution is 2.22. The summed E-state index contributed by atoms with van der Waals surface area (Å²) in [5.74, 6) is -2.19. The van der Waals surface area contributed by atoms with Crippen molar-refractivity contribution >= 4 is 17.6 Å². The zero-order valence-electron chi connectivity index (χ0n) is 11.0. The van der Waals surface area contributed by atoms with Crippen LogP contribution in [0, 0.1) is 11.6 Å². The van der Waals surface area contributed by atoms with Crippen molar-refractivity contribution in [2.24, 2.45) is 0 Å². The van der Waals surface area contributed by atoms with Gasteiger partial charge >= 0.3 is 5.97 Å². The summed E-state index contributed by atoms with van der Waals surface area (Å²) >= 11 is 5.83. The molecule has 0 spiro atoms. The number of methoxy groups -OCH3 is 1. The molecule has 0 saturated heterocycles. The molecule has 0 aliphatic heterocycles. The topological polar surface area (TPSA) is 35.5 Å².